The molecule has 3 aromatic carbocycles. The van der Waals surface area contributed by atoms with Crippen molar-refractivity contribution in [3.05, 3.63) is 82.8 Å². The zero-order valence-corrected chi connectivity index (χ0v) is 16.1. The SMILES string of the molecule is CCc1ccc(OCC(=O)Nc2ccccc2-c2ccccc2)c(Br)c1. The van der Waals surface area contributed by atoms with Gasteiger partial charge in [-0.15, -0.1) is 0 Å². The quantitative estimate of drug-likeness (QED) is 0.567. The third kappa shape index (κ3) is 4.52. The van der Waals surface area contributed by atoms with Crippen LogP contribution in [0.25, 0.3) is 11.1 Å². The van der Waals surface area contributed by atoms with E-state index in [9.17, 15) is 4.79 Å². The predicted molar refractivity (Wildman–Crippen MR) is 110 cm³/mol. The largest absolute Gasteiger partial charge is 0.483 e. The molecule has 26 heavy (non-hydrogen) atoms. The molecular weight excluding hydrogens is 390 g/mol. The Balaban J connectivity index is 1.68. The van der Waals surface area contributed by atoms with Gasteiger partial charge in [0.2, 0.25) is 0 Å². The summed E-state index contributed by atoms with van der Waals surface area (Å²) in [5.74, 6) is 0.466. The normalized spacial score (nSPS) is 10.4. The van der Waals surface area contributed by atoms with Crippen LogP contribution in [0.5, 0.6) is 5.75 Å². The Morgan fingerprint density at radius 3 is 2.46 bits per heavy atom. The summed E-state index contributed by atoms with van der Waals surface area (Å²) >= 11 is 3.49. The molecule has 0 saturated carbocycles. The number of benzene rings is 3. The monoisotopic (exact) mass is 409 g/mol. The van der Waals surface area contributed by atoms with Gasteiger partial charge in [0.25, 0.3) is 5.91 Å². The van der Waals surface area contributed by atoms with Crippen molar-refractivity contribution in [1.82, 2.24) is 0 Å². The minimum atomic E-state index is -0.195. The van der Waals surface area contributed by atoms with E-state index in [0.717, 1.165) is 27.7 Å². The molecule has 1 amide bonds. The zero-order valence-electron chi connectivity index (χ0n) is 14.5. The lowest BCUT2D eigenvalue weighted by molar-refractivity contribution is -0.118. The number of hydrogen-bond donors (Lipinski definition) is 1. The van der Waals surface area contributed by atoms with Gasteiger partial charge < -0.3 is 10.1 Å². The molecule has 0 aliphatic rings. The second-order valence-corrected chi connectivity index (χ2v) is 6.72. The summed E-state index contributed by atoms with van der Waals surface area (Å²) < 4.78 is 6.51. The highest BCUT2D eigenvalue weighted by Gasteiger charge is 2.10. The first kappa shape index (κ1) is 18.2. The maximum atomic E-state index is 12.4. The molecule has 0 radical (unpaired) electrons. The van der Waals surface area contributed by atoms with Crippen LogP contribution in [0.1, 0.15) is 12.5 Å². The van der Waals surface area contributed by atoms with Crippen molar-refractivity contribution < 1.29 is 9.53 Å². The number of rotatable bonds is 6. The Kier molecular flexibility index (Phi) is 6.08. The number of para-hydroxylation sites is 1. The highest BCUT2D eigenvalue weighted by atomic mass is 79.9. The van der Waals surface area contributed by atoms with Gasteiger partial charge in [0.1, 0.15) is 5.75 Å². The zero-order chi connectivity index (χ0) is 18.4. The van der Waals surface area contributed by atoms with E-state index in [-0.39, 0.29) is 12.5 Å². The molecule has 0 atom stereocenters. The molecule has 0 saturated heterocycles. The van der Waals surface area contributed by atoms with Gasteiger partial charge in [-0.3, -0.25) is 4.79 Å². The number of aryl methyl sites for hydroxylation is 1. The average Bonchev–Trinajstić information content (AvgIpc) is 2.68. The minimum Gasteiger partial charge on any atom is -0.483 e. The van der Waals surface area contributed by atoms with Gasteiger partial charge in [0, 0.05) is 11.3 Å². The standard InChI is InChI=1S/C22H20BrNO2/c1-2-16-12-13-21(19(23)14-16)26-15-22(25)24-20-11-7-6-10-18(20)17-8-4-3-5-9-17/h3-14H,2,15H2,1H3,(H,24,25). The molecule has 1 N–H and O–H groups in total. The van der Waals surface area contributed by atoms with Crippen LogP contribution in [-0.2, 0) is 11.2 Å². The van der Waals surface area contributed by atoms with Crippen LogP contribution in [0.3, 0.4) is 0 Å². The van der Waals surface area contributed by atoms with Crippen molar-refractivity contribution in [3.63, 3.8) is 0 Å². The van der Waals surface area contributed by atoms with E-state index < -0.39 is 0 Å². The fraction of sp³-hybridized carbons (Fsp3) is 0.136. The fourth-order valence-corrected chi connectivity index (χ4v) is 3.21. The average molecular weight is 410 g/mol. The molecule has 3 aromatic rings. The lowest BCUT2D eigenvalue weighted by Gasteiger charge is -2.13. The number of carbonyl (C=O) groups excluding carboxylic acids is 1. The van der Waals surface area contributed by atoms with E-state index in [4.69, 9.17) is 4.74 Å². The molecular formula is C22H20BrNO2. The van der Waals surface area contributed by atoms with Crippen molar-refractivity contribution in [2.45, 2.75) is 13.3 Å². The number of nitrogens with one attached hydrogen (secondary N) is 1. The summed E-state index contributed by atoms with van der Waals surface area (Å²) in [7, 11) is 0. The molecule has 0 spiro atoms. The number of halogens is 1. The third-order valence-corrected chi connectivity index (χ3v) is 4.67. The number of amides is 1. The second-order valence-electron chi connectivity index (χ2n) is 5.87. The Bertz CT molecular complexity index is 894. The minimum absolute atomic E-state index is 0.0484. The maximum absolute atomic E-state index is 12.4. The topological polar surface area (TPSA) is 38.3 Å². The van der Waals surface area contributed by atoms with Crippen molar-refractivity contribution in [3.8, 4) is 16.9 Å². The van der Waals surface area contributed by atoms with E-state index in [0.29, 0.717) is 5.75 Å². The van der Waals surface area contributed by atoms with Crippen LogP contribution in [-0.4, -0.2) is 12.5 Å². The maximum Gasteiger partial charge on any atom is 0.262 e. The molecule has 0 unspecified atom stereocenters. The number of anilines is 1. The van der Waals surface area contributed by atoms with E-state index >= 15 is 0 Å². The summed E-state index contributed by atoms with van der Waals surface area (Å²) in [5.41, 5.74) is 4.02. The van der Waals surface area contributed by atoms with Crippen molar-refractivity contribution in [2.24, 2.45) is 0 Å². The van der Waals surface area contributed by atoms with Crippen LogP contribution in [0, 0.1) is 0 Å². The Labute approximate surface area is 162 Å². The molecule has 0 aliphatic heterocycles. The second kappa shape index (κ2) is 8.68. The van der Waals surface area contributed by atoms with Crippen molar-refractivity contribution in [2.75, 3.05) is 11.9 Å². The van der Waals surface area contributed by atoms with E-state index in [1.165, 1.54) is 5.56 Å². The molecule has 0 heterocycles. The molecule has 0 fully saturated rings. The number of ether oxygens (including phenoxy) is 1. The molecule has 3 nitrogen and oxygen atoms in total. The smallest absolute Gasteiger partial charge is 0.262 e. The Morgan fingerprint density at radius 1 is 1.00 bits per heavy atom. The number of hydrogen-bond acceptors (Lipinski definition) is 2. The molecule has 0 aromatic heterocycles. The van der Waals surface area contributed by atoms with Gasteiger partial charge in [0.15, 0.2) is 6.61 Å². The predicted octanol–water partition coefficient (Wildman–Crippen LogP) is 5.70. The Hall–Kier alpha value is -2.59. The highest BCUT2D eigenvalue weighted by Crippen LogP contribution is 2.28. The van der Waals surface area contributed by atoms with E-state index in [1.54, 1.807) is 0 Å². The van der Waals surface area contributed by atoms with Gasteiger partial charge in [-0.2, -0.15) is 0 Å². The van der Waals surface area contributed by atoms with Gasteiger partial charge in [-0.05, 0) is 51.7 Å². The van der Waals surface area contributed by atoms with Gasteiger partial charge in [0.05, 0.1) is 4.47 Å². The summed E-state index contributed by atoms with van der Waals surface area (Å²) in [6, 6.07) is 23.6. The lowest BCUT2D eigenvalue weighted by atomic mass is 10.0. The van der Waals surface area contributed by atoms with Gasteiger partial charge in [-0.1, -0.05) is 61.5 Å². The summed E-state index contributed by atoms with van der Waals surface area (Å²) in [6.07, 6.45) is 0.954. The van der Waals surface area contributed by atoms with Crippen molar-refractivity contribution in [1.29, 1.82) is 0 Å². The Morgan fingerprint density at radius 2 is 1.73 bits per heavy atom. The lowest BCUT2D eigenvalue weighted by Crippen LogP contribution is -2.20. The van der Waals surface area contributed by atoms with Crippen LogP contribution >= 0.6 is 15.9 Å². The van der Waals surface area contributed by atoms with Gasteiger partial charge >= 0.3 is 0 Å². The van der Waals surface area contributed by atoms with Crippen LogP contribution in [0.2, 0.25) is 0 Å². The van der Waals surface area contributed by atoms with Crippen LogP contribution < -0.4 is 10.1 Å². The third-order valence-electron chi connectivity index (χ3n) is 4.05. The van der Waals surface area contributed by atoms with E-state index in [2.05, 4.69) is 28.2 Å². The van der Waals surface area contributed by atoms with E-state index in [1.807, 2.05) is 72.8 Å². The molecule has 132 valence electrons. The summed E-state index contributed by atoms with van der Waals surface area (Å²) in [4.78, 5) is 12.4. The highest BCUT2D eigenvalue weighted by molar-refractivity contribution is 9.10. The molecule has 0 aliphatic carbocycles. The van der Waals surface area contributed by atoms with Crippen LogP contribution in [0.4, 0.5) is 5.69 Å². The first-order chi connectivity index (χ1) is 12.7. The molecule has 4 heteroatoms. The first-order valence-electron chi connectivity index (χ1n) is 8.53. The van der Waals surface area contributed by atoms with Gasteiger partial charge in [-0.25, -0.2) is 0 Å². The molecule has 3 rings (SSSR count). The molecule has 0 bridgehead atoms. The number of carbonyl (C=O) groups is 1. The van der Waals surface area contributed by atoms with Crippen LogP contribution in [0.15, 0.2) is 77.3 Å². The summed E-state index contributed by atoms with van der Waals surface area (Å²) in [6.45, 7) is 2.05. The fourth-order valence-electron chi connectivity index (χ4n) is 2.67. The summed E-state index contributed by atoms with van der Waals surface area (Å²) in [5, 5.41) is 2.94. The van der Waals surface area contributed by atoms with Crippen molar-refractivity contribution >= 4 is 27.5 Å². The first-order valence-corrected chi connectivity index (χ1v) is 9.32.